The van der Waals surface area contributed by atoms with Crippen molar-refractivity contribution < 1.29 is 9.47 Å². The molecule has 1 atom stereocenters. The van der Waals surface area contributed by atoms with Gasteiger partial charge in [-0.2, -0.15) is 0 Å². The normalized spacial score (nSPS) is 16.4. The van der Waals surface area contributed by atoms with Crippen LogP contribution in [0.2, 0.25) is 0 Å². The standard InChI is InChI=1S/C19H23N3O2S/c1-23-17-5-2-4-16(12-17)21-19(25)22(14-18-6-3-11-24-18)13-15-7-9-20-10-8-15/h2,4-5,7-10,12,18H,3,6,11,13-14H2,1H3,(H,21,25). The van der Waals surface area contributed by atoms with Gasteiger partial charge >= 0.3 is 0 Å². The minimum Gasteiger partial charge on any atom is -0.497 e. The van der Waals surface area contributed by atoms with Gasteiger partial charge in [-0.25, -0.2) is 0 Å². The van der Waals surface area contributed by atoms with Crippen LogP contribution in [0.25, 0.3) is 0 Å². The van der Waals surface area contributed by atoms with E-state index in [0.717, 1.165) is 44.0 Å². The average molecular weight is 357 g/mol. The average Bonchev–Trinajstić information content (AvgIpc) is 3.15. The smallest absolute Gasteiger partial charge is 0.173 e. The largest absolute Gasteiger partial charge is 0.497 e. The van der Waals surface area contributed by atoms with Crippen molar-refractivity contribution in [2.75, 3.05) is 25.6 Å². The molecular formula is C19H23N3O2S. The summed E-state index contributed by atoms with van der Waals surface area (Å²) in [7, 11) is 1.66. The summed E-state index contributed by atoms with van der Waals surface area (Å²) < 4.78 is 11.1. The van der Waals surface area contributed by atoms with E-state index in [1.54, 1.807) is 19.5 Å². The minimum absolute atomic E-state index is 0.229. The van der Waals surface area contributed by atoms with Gasteiger partial charge in [0.25, 0.3) is 0 Å². The zero-order valence-electron chi connectivity index (χ0n) is 14.4. The van der Waals surface area contributed by atoms with Gasteiger partial charge in [-0.05, 0) is 54.9 Å². The Hall–Kier alpha value is -2.18. The summed E-state index contributed by atoms with van der Waals surface area (Å²) in [6, 6.07) is 11.8. The van der Waals surface area contributed by atoms with E-state index >= 15 is 0 Å². The molecule has 1 unspecified atom stereocenters. The Labute approximate surface area is 154 Å². The predicted molar refractivity (Wildman–Crippen MR) is 103 cm³/mol. The van der Waals surface area contributed by atoms with Crippen molar-refractivity contribution in [3.63, 3.8) is 0 Å². The maximum Gasteiger partial charge on any atom is 0.173 e. The van der Waals surface area contributed by atoms with Crippen molar-refractivity contribution >= 4 is 23.0 Å². The van der Waals surface area contributed by atoms with E-state index in [0.29, 0.717) is 5.11 Å². The van der Waals surface area contributed by atoms with Gasteiger partial charge in [0.05, 0.1) is 13.2 Å². The lowest BCUT2D eigenvalue weighted by molar-refractivity contribution is 0.0905. The second-order valence-electron chi connectivity index (χ2n) is 6.03. The van der Waals surface area contributed by atoms with Gasteiger partial charge in [0.2, 0.25) is 0 Å². The third-order valence-electron chi connectivity index (χ3n) is 4.18. The first-order valence-electron chi connectivity index (χ1n) is 8.45. The summed E-state index contributed by atoms with van der Waals surface area (Å²) >= 11 is 5.67. The number of anilines is 1. The molecule has 1 fully saturated rings. The fraction of sp³-hybridized carbons (Fsp3) is 0.368. The van der Waals surface area contributed by atoms with Crippen LogP contribution in [-0.4, -0.2) is 41.4 Å². The SMILES string of the molecule is COc1cccc(NC(=S)N(Cc2ccncc2)CC2CCCO2)c1. The summed E-state index contributed by atoms with van der Waals surface area (Å²) in [4.78, 5) is 6.23. The Kier molecular flexibility index (Phi) is 6.19. The van der Waals surface area contributed by atoms with E-state index < -0.39 is 0 Å². The van der Waals surface area contributed by atoms with Crippen molar-refractivity contribution in [1.29, 1.82) is 0 Å². The van der Waals surface area contributed by atoms with E-state index in [4.69, 9.17) is 21.7 Å². The molecule has 132 valence electrons. The molecule has 0 saturated carbocycles. The minimum atomic E-state index is 0.229. The number of ether oxygens (including phenoxy) is 2. The predicted octanol–water partition coefficient (Wildman–Crippen LogP) is 3.47. The van der Waals surface area contributed by atoms with Crippen LogP contribution in [0.4, 0.5) is 5.69 Å². The number of nitrogens with one attached hydrogen (secondary N) is 1. The number of aromatic nitrogens is 1. The lowest BCUT2D eigenvalue weighted by Crippen LogP contribution is -2.39. The molecule has 0 aliphatic carbocycles. The van der Waals surface area contributed by atoms with Crippen molar-refractivity contribution in [3.8, 4) is 5.75 Å². The quantitative estimate of drug-likeness (QED) is 0.799. The second-order valence-corrected chi connectivity index (χ2v) is 6.42. The van der Waals surface area contributed by atoms with Crippen LogP contribution in [-0.2, 0) is 11.3 Å². The van der Waals surface area contributed by atoms with Crippen LogP contribution in [0, 0.1) is 0 Å². The molecule has 1 aromatic heterocycles. The first-order valence-corrected chi connectivity index (χ1v) is 8.86. The van der Waals surface area contributed by atoms with Crippen LogP contribution in [0.5, 0.6) is 5.75 Å². The zero-order valence-corrected chi connectivity index (χ0v) is 15.2. The van der Waals surface area contributed by atoms with Gasteiger partial charge < -0.3 is 19.7 Å². The number of hydrogen-bond donors (Lipinski definition) is 1. The molecule has 0 spiro atoms. The maximum absolute atomic E-state index is 5.80. The molecule has 1 aliphatic rings. The van der Waals surface area contributed by atoms with E-state index in [-0.39, 0.29) is 6.10 Å². The highest BCUT2D eigenvalue weighted by Gasteiger charge is 2.21. The summed E-state index contributed by atoms with van der Waals surface area (Å²) in [5.74, 6) is 0.799. The van der Waals surface area contributed by atoms with Gasteiger partial charge in [-0.15, -0.1) is 0 Å². The van der Waals surface area contributed by atoms with Crippen molar-refractivity contribution in [2.45, 2.75) is 25.5 Å². The molecule has 1 aliphatic heterocycles. The van der Waals surface area contributed by atoms with E-state index in [9.17, 15) is 0 Å². The second kappa shape index (κ2) is 8.78. The lowest BCUT2D eigenvalue weighted by atomic mass is 10.2. The van der Waals surface area contributed by atoms with E-state index in [2.05, 4.69) is 15.2 Å². The van der Waals surface area contributed by atoms with Gasteiger partial charge in [-0.3, -0.25) is 4.98 Å². The molecule has 6 heteroatoms. The van der Waals surface area contributed by atoms with Crippen molar-refractivity contribution in [2.24, 2.45) is 0 Å². The number of nitrogens with zero attached hydrogens (tertiary/aromatic N) is 2. The number of rotatable bonds is 6. The van der Waals surface area contributed by atoms with Crippen LogP contribution >= 0.6 is 12.2 Å². The highest BCUT2D eigenvalue weighted by molar-refractivity contribution is 7.80. The molecule has 1 saturated heterocycles. The Bertz CT molecular complexity index is 690. The molecule has 5 nitrogen and oxygen atoms in total. The number of thiocarbonyl (C=S) groups is 1. The molecule has 25 heavy (non-hydrogen) atoms. The summed E-state index contributed by atoms with van der Waals surface area (Å²) in [6.45, 7) is 2.33. The van der Waals surface area contributed by atoms with Gasteiger partial charge in [0.1, 0.15) is 5.75 Å². The zero-order chi connectivity index (χ0) is 17.5. The Morgan fingerprint density at radius 3 is 2.92 bits per heavy atom. The molecule has 1 aromatic carbocycles. The molecule has 2 heterocycles. The van der Waals surface area contributed by atoms with Crippen LogP contribution in [0.3, 0.4) is 0 Å². The van der Waals surface area contributed by atoms with Gasteiger partial charge in [0.15, 0.2) is 5.11 Å². The van der Waals surface area contributed by atoms with Crippen molar-refractivity contribution in [1.82, 2.24) is 9.88 Å². The van der Waals surface area contributed by atoms with Gasteiger partial charge in [-0.1, -0.05) is 6.07 Å². The molecule has 0 bridgehead atoms. The van der Waals surface area contributed by atoms with Gasteiger partial charge in [0, 0.05) is 43.8 Å². The van der Waals surface area contributed by atoms with Crippen LogP contribution in [0.1, 0.15) is 18.4 Å². The molecule has 2 aromatic rings. The topological polar surface area (TPSA) is 46.6 Å². The summed E-state index contributed by atoms with van der Waals surface area (Å²) in [5.41, 5.74) is 2.08. The summed E-state index contributed by atoms with van der Waals surface area (Å²) in [6.07, 6.45) is 6.03. The number of hydrogen-bond acceptors (Lipinski definition) is 4. The molecule has 0 amide bonds. The Balaban J connectivity index is 1.70. The molecular weight excluding hydrogens is 334 g/mol. The third-order valence-corrected chi connectivity index (χ3v) is 4.54. The monoisotopic (exact) mass is 357 g/mol. The Morgan fingerprint density at radius 1 is 1.36 bits per heavy atom. The molecule has 1 N–H and O–H groups in total. The summed E-state index contributed by atoms with van der Waals surface area (Å²) in [5, 5.41) is 4.00. The number of benzene rings is 1. The highest BCUT2D eigenvalue weighted by atomic mass is 32.1. The van der Waals surface area contributed by atoms with Crippen LogP contribution < -0.4 is 10.1 Å². The van der Waals surface area contributed by atoms with Crippen LogP contribution in [0.15, 0.2) is 48.8 Å². The first kappa shape index (κ1) is 17.6. The highest BCUT2D eigenvalue weighted by Crippen LogP contribution is 2.19. The maximum atomic E-state index is 5.80. The first-order chi connectivity index (χ1) is 12.2. The molecule has 3 rings (SSSR count). The third kappa shape index (κ3) is 5.14. The fourth-order valence-electron chi connectivity index (χ4n) is 2.87. The molecule has 0 radical (unpaired) electrons. The number of methoxy groups -OCH3 is 1. The number of pyridine rings is 1. The van der Waals surface area contributed by atoms with Crippen molar-refractivity contribution in [3.05, 3.63) is 54.4 Å². The van der Waals surface area contributed by atoms with E-state index in [1.165, 1.54) is 5.56 Å². The lowest BCUT2D eigenvalue weighted by Gasteiger charge is -2.28. The van der Waals surface area contributed by atoms with E-state index in [1.807, 2.05) is 36.4 Å². The fourth-order valence-corrected chi connectivity index (χ4v) is 3.12. The Morgan fingerprint density at radius 2 is 2.20 bits per heavy atom.